The van der Waals surface area contributed by atoms with Crippen LogP contribution in [0.2, 0.25) is 0 Å². The van der Waals surface area contributed by atoms with Gasteiger partial charge in [-0.15, -0.1) is 0 Å². The Balaban J connectivity index is 0.000000941. The average molecular weight is 403 g/mol. The number of likely N-dealkylation sites (N-methyl/N-ethyl adjacent to an activating group) is 1. The number of ether oxygens (including phenoxy) is 2. The molecule has 1 fully saturated rings. The van der Waals surface area contributed by atoms with Gasteiger partial charge in [-0.1, -0.05) is 48.0 Å². The number of rotatable bonds is 5. The van der Waals surface area contributed by atoms with Gasteiger partial charge in [0.1, 0.15) is 30.3 Å². The molecule has 4 N–H and O–H groups in total. The molecule has 7 nitrogen and oxygen atoms in total. The molecule has 1 heterocycles. The first-order valence-corrected chi connectivity index (χ1v) is 9.49. The van der Waals surface area contributed by atoms with Gasteiger partial charge in [-0.3, -0.25) is 0 Å². The van der Waals surface area contributed by atoms with E-state index in [1.165, 1.54) is 6.92 Å². The van der Waals surface area contributed by atoms with E-state index in [1.807, 2.05) is 49.4 Å². The third-order valence-corrected chi connectivity index (χ3v) is 4.67. The highest BCUT2D eigenvalue weighted by atomic mass is 16.7. The van der Waals surface area contributed by atoms with Gasteiger partial charge in [-0.25, -0.2) is 0 Å². The van der Waals surface area contributed by atoms with E-state index in [2.05, 4.69) is 11.4 Å². The number of carbonyl (C=O) groups excluding carboxylic acids is 1. The molecule has 0 radical (unpaired) electrons. The quantitative estimate of drug-likeness (QED) is 0.557. The van der Waals surface area contributed by atoms with Crippen molar-refractivity contribution in [3.05, 3.63) is 54.1 Å². The Hall–Kier alpha value is -2.29. The second-order valence-electron chi connectivity index (χ2n) is 6.74. The monoisotopic (exact) mass is 403 g/mol. The number of hydrogen-bond donors (Lipinski definition) is 4. The van der Waals surface area contributed by atoms with E-state index >= 15 is 0 Å². The molecule has 0 saturated carbocycles. The number of carbonyl (C=O) groups is 1. The minimum Gasteiger partial charge on any atom is -0.462 e. The molecule has 0 bridgehead atoms. The van der Waals surface area contributed by atoms with Gasteiger partial charge in [0.05, 0.1) is 12.6 Å². The Kier molecular flexibility index (Phi) is 8.75. The summed E-state index contributed by atoms with van der Waals surface area (Å²) in [5.41, 5.74) is 3.05. The van der Waals surface area contributed by atoms with Gasteiger partial charge >= 0.3 is 0 Å². The molecule has 1 aliphatic heterocycles. The van der Waals surface area contributed by atoms with Gasteiger partial charge in [-0.2, -0.15) is 0 Å². The van der Waals surface area contributed by atoms with Crippen LogP contribution in [-0.2, 0) is 9.53 Å². The number of para-hydroxylation sites is 1. The van der Waals surface area contributed by atoms with E-state index in [1.54, 1.807) is 7.05 Å². The molecule has 5 atom stereocenters. The lowest BCUT2D eigenvalue weighted by Gasteiger charge is -2.42. The van der Waals surface area contributed by atoms with Crippen LogP contribution in [0.15, 0.2) is 48.5 Å². The molecule has 2 aromatic rings. The molecule has 158 valence electrons. The predicted octanol–water partition coefficient (Wildman–Crippen LogP) is 1.27. The van der Waals surface area contributed by atoms with Crippen molar-refractivity contribution in [3.8, 4) is 16.9 Å². The molecule has 0 aliphatic carbocycles. The summed E-state index contributed by atoms with van der Waals surface area (Å²) >= 11 is 0. The first-order chi connectivity index (χ1) is 14.0. The third-order valence-electron chi connectivity index (χ3n) is 4.67. The SMILES string of the molecule is CC=O.CNC1C(Oc2ccccc2-c2cccc(C)c2)OC(CO)C(O)C1O. The standard InChI is InChI=1S/C20H25NO5.C2H4O/c1-12-6-5-7-13(10-12)14-8-3-4-9-15(14)25-20-17(21-2)19(24)18(23)16(11-22)26-20;1-2-3/h3-10,16-24H,11H2,1-2H3;2H,1H3. The van der Waals surface area contributed by atoms with Crippen molar-refractivity contribution >= 4 is 6.29 Å². The molecule has 0 amide bonds. The summed E-state index contributed by atoms with van der Waals surface area (Å²) in [6.45, 7) is 3.06. The van der Waals surface area contributed by atoms with E-state index in [0.717, 1.165) is 23.0 Å². The van der Waals surface area contributed by atoms with Gasteiger partial charge in [0.25, 0.3) is 0 Å². The summed E-state index contributed by atoms with van der Waals surface area (Å²) in [6.07, 6.45) is -3.33. The molecule has 1 aliphatic rings. The largest absolute Gasteiger partial charge is 0.462 e. The van der Waals surface area contributed by atoms with Crippen LogP contribution in [0.25, 0.3) is 11.1 Å². The molecule has 7 heteroatoms. The van der Waals surface area contributed by atoms with Crippen LogP contribution in [0.3, 0.4) is 0 Å². The maximum absolute atomic E-state index is 10.3. The summed E-state index contributed by atoms with van der Waals surface area (Å²) < 4.78 is 11.8. The van der Waals surface area contributed by atoms with Gasteiger partial charge in [0.15, 0.2) is 0 Å². The van der Waals surface area contributed by atoms with Crippen LogP contribution in [0.5, 0.6) is 5.75 Å². The fourth-order valence-electron chi connectivity index (χ4n) is 3.24. The van der Waals surface area contributed by atoms with Crippen molar-refractivity contribution in [2.45, 2.75) is 44.5 Å². The fourth-order valence-corrected chi connectivity index (χ4v) is 3.24. The van der Waals surface area contributed by atoms with Crippen LogP contribution in [-0.4, -0.2) is 65.9 Å². The van der Waals surface area contributed by atoms with E-state index in [0.29, 0.717) is 5.75 Å². The normalized spacial score (nSPS) is 26.2. The second kappa shape index (κ2) is 11.0. The number of aldehydes is 1. The Labute approximate surface area is 170 Å². The number of hydrogen-bond acceptors (Lipinski definition) is 7. The van der Waals surface area contributed by atoms with Crippen molar-refractivity contribution in [3.63, 3.8) is 0 Å². The fraction of sp³-hybridized carbons (Fsp3) is 0.409. The predicted molar refractivity (Wildman–Crippen MR) is 110 cm³/mol. The zero-order chi connectivity index (χ0) is 21.4. The number of aliphatic hydroxyl groups is 3. The first-order valence-electron chi connectivity index (χ1n) is 9.49. The Morgan fingerprint density at radius 2 is 1.83 bits per heavy atom. The third kappa shape index (κ3) is 5.62. The van der Waals surface area contributed by atoms with Crippen molar-refractivity contribution in [1.29, 1.82) is 0 Å². The van der Waals surface area contributed by atoms with Crippen molar-refractivity contribution in [1.82, 2.24) is 5.32 Å². The van der Waals surface area contributed by atoms with Crippen LogP contribution >= 0.6 is 0 Å². The Bertz CT molecular complexity index is 783. The highest BCUT2D eigenvalue weighted by molar-refractivity contribution is 5.70. The molecule has 2 aromatic carbocycles. The molecule has 0 aromatic heterocycles. The first kappa shape index (κ1) is 23.0. The van der Waals surface area contributed by atoms with Crippen molar-refractivity contribution in [2.75, 3.05) is 13.7 Å². The zero-order valence-corrected chi connectivity index (χ0v) is 16.9. The van der Waals surface area contributed by atoms with Crippen LogP contribution in [0.4, 0.5) is 0 Å². The molecule has 29 heavy (non-hydrogen) atoms. The van der Waals surface area contributed by atoms with Crippen LogP contribution < -0.4 is 10.1 Å². The zero-order valence-electron chi connectivity index (χ0n) is 16.9. The number of nitrogens with one attached hydrogen (secondary N) is 1. The Morgan fingerprint density at radius 3 is 2.45 bits per heavy atom. The molecule has 5 unspecified atom stereocenters. The van der Waals surface area contributed by atoms with Crippen molar-refractivity contribution in [2.24, 2.45) is 0 Å². The van der Waals surface area contributed by atoms with E-state index in [-0.39, 0.29) is 0 Å². The number of aryl methyl sites for hydroxylation is 1. The molecule has 1 saturated heterocycles. The minimum atomic E-state index is -1.19. The lowest BCUT2D eigenvalue weighted by Crippen LogP contribution is -2.64. The topological polar surface area (TPSA) is 108 Å². The van der Waals surface area contributed by atoms with E-state index in [4.69, 9.17) is 14.3 Å². The smallest absolute Gasteiger partial charge is 0.218 e. The van der Waals surface area contributed by atoms with Gasteiger partial charge in [0, 0.05) is 5.56 Å². The number of aliphatic hydroxyl groups excluding tert-OH is 3. The lowest BCUT2D eigenvalue weighted by atomic mass is 9.97. The van der Waals surface area contributed by atoms with Gasteiger partial charge in [0.2, 0.25) is 6.29 Å². The molecular weight excluding hydrogens is 374 g/mol. The maximum atomic E-state index is 10.3. The maximum Gasteiger partial charge on any atom is 0.218 e. The average Bonchev–Trinajstić information content (AvgIpc) is 2.72. The summed E-state index contributed by atoms with van der Waals surface area (Å²) in [5.74, 6) is 0.601. The van der Waals surface area contributed by atoms with E-state index in [9.17, 15) is 15.3 Å². The van der Waals surface area contributed by atoms with Crippen molar-refractivity contribution < 1.29 is 29.6 Å². The number of benzene rings is 2. The highest BCUT2D eigenvalue weighted by Crippen LogP contribution is 2.33. The second-order valence-corrected chi connectivity index (χ2v) is 6.74. The van der Waals surface area contributed by atoms with E-state index < -0.39 is 37.3 Å². The summed E-state index contributed by atoms with van der Waals surface area (Å²) in [4.78, 5) is 8.81. The summed E-state index contributed by atoms with van der Waals surface area (Å²) in [6, 6.07) is 15.0. The lowest BCUT2D eigenvalue weighted by molar-refractivity contribution is -0.244. The van der Waals surface area contributed by atoms with Gasteiger partial charge in [-0.05, 0) is 32.5 Å². The Morgan fingerprint density at radius 1 is 1.14 bits per heavy atom. The molecular formula is C22H29NO6. The minimum absolute atomic E-state index is 0.409. The molecule has 0 spiro atoms. The summed E-state index contributed by atoms with van der Waals surface area (Å²) in [7, 11) is 1.66. The highest BCUT2D eigenvalue weighted by Gasteiger charge is 2.45. The summed E-state index contributed by atoms with van der Waals surface area (Å²) in [5, 5.41) is 32.7. The van der Waals surface area contributed by atoms with Gasteiger partial charge < -0.3 is 34.9 Å². The van der Waals surface area contributed by atoms with Crippen LogP contribution in [0.1, 0.15) is 12.5 Å². The molecule has 3 rings (SSSR count). The van der Waals surface area contributed by atoms with Crippen LogP contribution in [0, 0.1) is 6.92 Å².